The van der Waals surface area contributed by atoms with E-state index in [1.165, 1.54) is 0 Å². The molecule has 2 amide bonds. The van der Waals surface area contributed by atoms with Gasteiger partial charge in [-0.1, -0.05) is 36.4 Å². The summed E-state index contributed by atoms with van der Waals surface area (Å²) in [6.07, 6.45) is -0.0638. The Bertz CT molecular complexity index is 744. The summed E-state index contributed by atoms with van der Waals surface area (Å²) in [6, 6.07) is 15.4. The molecule has 6 heteroatoms. The summed E-state index contributed by atoms with van der Waals surface area (Å²) in [6.45, 7) is 0.534. The number of hydrogen-bond donors (Lipinski definition) is 0. The summed E-state index contributed by atoms with van der Waals surface area (Å²) in [4.78, 5) is 24.2. The van der Waals surface area contributed by atoms with Crippen molar-refractivity contribution in [3.05, 3.63) is 59.7 Å². The third-order valence-corrected chi connectivity index (χ3v) is 3.93. The normalized spacial score (nSPS) is 13.7. The second-order valence-electron chi connectivity index (χ2n) is 5.61. The molecule has 2 aromatic rings. The Kier molecular flexibility index (Phi) is 5.18. The molecule has 0 N–H and O–H groups in total. The minimum atomic E-state index is -0.584. The summed E-state index contributed by atoms with van der Waals surface area (Å²) in [5, 5.41) is 0. The maximum absolute atomic E-state index is 11.6. The van der Waals surface area contributed by atoms with Crippen molar-refractivity contribution in [3.8, 4) is 11.5 Å². The van der Waals surface area contributed by atoms with Crippen molar-refractivity contribution >= 4 is 12.0 Å². The minimum absolute atomic E-state index is 0.174. The van der Waals surface area contributed by atoms with Crippen LogP contribution in [0.2, 0.25) is 0 Å². The van der Waals surface area contributed by atoms with Crippen LogP contribution in [0.5, 0.6) is 11.5 Å². The Hall–Kier alpha value is -3.02. The van der Waals surface area contributed by atoms with Crippen LogP contribution in [-0.4, -0.2) is 37.2 Å². The molecule has 1 saturated heterocycles. The van der Waals surface area contributed by atoms with Crippen molar-refractivity contribution in [1.82, 2.24) is 4.90 Å². The Morgan fingerprint density at radius 3 is 2.52 bits per heavy atom. The highest BCUT2D eigenvalue weighted by Gasteiger charge is 2.30. The second-order valence-corrected chi connectivity index (χ2v) is 5.61. The van der Waals surface area contributed by atoms with E-state index in [-0.39, 0.29) is 19.1 Å². The topological polar surface area (TPSA) is 65.1 Å². The largest absolute Gasteiger partial charge is 0.493 e. The van der Waals surface area contributed by atoms with Crippen LogP contribution >= 0.6 is 0 Å². The third kappa shape index (κ3) is 4.09. The molecule has 2 aromatic carbocycles. The number of rotatable bonds is 7. The molecule has 0 atom stereocenters. The van der Waals surface area contributed by atoms with E-state index in [0.29, 0.717) is 24.5 Å². The molecule has 0 unspecified atom stereocenters. The van der Waals surface area contributed by atoms with Crippen molar-refractivity contribution in [2.45, 2.75) is 13.0 Å². The number of benzene rings is 2. The molecular formula is C19H19NO5. The molecule has 0 bridgehead atoms. The fourth-order valence-corrected chi connectivity index (χ4v) is 2.56. The number of cyclic esters (lactones) is 1. The molecule has 0 saturated carbocycles. The standard InChI is InChI=1S/C19H19NO5/c1-23-16-8-7-14(9-10-20-18(21)13-25-19(20)22)11-17(16)24-12-15-5-3-2-4-6-15/h2-8,11H,9-10,12-13H2,1H3. The summed E-state index contributed by atoms with van der Waals surface area (Å²) in [5.74, 6) is 0.953. The first-order valence-corrected chi connectivity index (χ1v) is 7.98. The van der Waals surface area contributed by atoms with E-state index >= 15 is 0 Å². The van der Waals surface area contributed by atoms with Crippen LogP contribution in [-0.2, 0) is 22.6 Å². The zero-order valence-electron chi connectivity index (χ0n) is 13.9. The zero-order chi connectivity index (χ0) is 17.6. The fraction of sp³-hybridized carbons (Fsp3) is 0.263. The first-order chi connectivity index (χ1) is 12.2. The van der Waals surface area contributed by atoms with E-state index < -0.39 is 6.09 Å². The van der Waals surface area contributed by atoms with Gasteiger partial charge in [0.2, 0.25) is 0 Å². The number of carbonyl (C=O) groups is 2. The lowest BCUT2D eigenvalue weighted by Crippen LogP contribution is -2.31. The van der Waals surface area contributed by atoms with E-state index in [1.807, 2.05) is 48.5 Å². The number of nitrogens with zero attached hydrogens (tertiary/aromatic N) is 1. The summed E-state index contributed by atoms with van der Waals surface area (Å²) in [7, 11) is 1.59. The Morgan fingerprint density at radius 2 is 1.84 bits per heavy atom. The highest BCUT2D eigenvalue weighted by atomic mass is 16.6. The van der Waals surface area contributed by atoms with Gasteiger partial charge in [-0.2, -0.15) is 0 Å². The highest BCUT2D eigenvalue weighted by molar-refractivity contribution is 5.97. The van der Waals surface area contributed by atoms with Crippen molar-refractivity contribution in [3.63, 3.8) is 0 Å². The predicted octanol–water partition coefficient (Wildman–Crippen LogP) is 2.80. The maximum Gasteiger partial charge on any atom is 0.417 e. The predicted molar refractivity (Wildman–Crippen MR) is 90.5 cm³/mol. The molecule has 0 radical (unpaired) electrons. The van der Waals surface area contributed by atoms with E-state index in [2.05, 4.69) is 0 Å². The van der Waals surface area contributed by atoms with Gasteiger partial charge in [-0.05, 0) is 29.7 Å². The Balaban J connectivity index is 1.67. The van der Waals surface area contributed by atoms with Gasteiger partial charge in [-0.3, -0.25) is 4.79 Å². The van der Waals surface area contributed by atoms with Crippen molar-refractivity contribution in [2.24, 2.45) is 0 Å². The monoisotopic (exact) mass is 341 g/mol. The van der Waals surface area contributed by atoms with E-state index in [4.69, 9.17) is 14.2 Å². The molecule has 25 heavy (non-hydrogen) atoms. The summed E-state index contributed by atoms with van der Waals surface area (Å²) in [5.41, 5.74) is 2.00. The fourth-order valence-electron chi connectivity index (χ4n) is 2.56. The number of imide groups is 1. The summed E-state index contributed by atoms with van der Waals surface area (Å²) < 4.78 is 15.9. The van der Waals surface area contributed by atoms with Gasteiger partial charge in [0.15, 0.2) is 18.1 Å². The highest BCUT2D eigenvalue weighted by Crippen LogP contribution is 2.29. The average molecular weight is 341 g/mol. The number of carbonyl (C=O) groups excluding carboxylic acids is 2. The van der Waals surface area contributed by atoms with Gasteiger partial charge in [-0.15, -0.1) is 0 Å². The zero-order valence-corrected chi connectivity index (χ0v) is 13.9. The molecule has 0 spiro atoms. The molecule has 6 nitrogen and oxygen atoms in total. The maximum atomic E-state index is 11.6. The lowest BCUT2D eigenvalue weighted by molar-refractivity contribution is -0.125. The van der Waals surface area contributed by atoms with Crippen LogP contribution in [0.15, 0.2) is 48.5 Å². The van der Waals surface area contributed by atoms with Gasteiger partial charge in [-0.25, -0.2) is 9.69 Å². The SMILES string of the molecule is COc1ccc(CCN2C(=O)COC2=O)cc1OCc1ccccc1. The van der Waals surface area contributed by atoms with Gasteiger partial charge in [0.05, 0.1) is 7.11 Å². The second kappa shape index (κ2) is 7.70. The van der Waals surface area contributed by atoms with Gasteiger partial charge in [0.1, 0.15) is 6.61 Å². The molecule has 0 aromatic heterocycles. The van der Waals surface area contributed by atoms with Gasteiger partial charge < -0.3 is 14.2 Å². The van der Waals surface area contributed by atoms with Gasteiger partial charge in [0.25, 0.3) is 5.91 Å². The Morgan fingerprint density at radius 1 is 1.04 bits per heavy atom. The van der Waals surface area contributed by atoms with Crippen LogP contribution in [0, 0.1) is 0 Å². The van der Waals surface area contributed by atoms with Gasteiger partial charge >= 0.3 is 6.09 Å². The first-order valence-electron chi connectivity index (χ1n) is 7.98. The number of methoxy groups -OCH3 is 1. The molecule has 1 fully saturated rings. The minimum Gasteiger partial charge on any atom is -0.493 e. The van der Waals surface area contributed by atoms with Crippen molar-refractivity contribution < 1.29 is 23.8 Å². The van der Waals surface area contributed by atoms with Crippen LogP contribution in [0.3, 0.4) is 0 Å². The van der Waals surface area contributed by atoms with E-state index in [9.17, 15) is 9.59 Å². The van der Waals surface area contributed by atoms with Crippen LogP contribution in [0.25, 0.3) is 0 Å². The number of amides is 2. The first kappa shape index (κ1) is 16.8. The quantitative estimate of drug-likeness (QED) is 0.775. The van der Waals surface area contributed by atoms with Crippen LogP contribution in [0.1, 0.15) is 11.1 Å². The van der Waals surface area contributed by atoms with Crippen LogP contribution in [0.4, 0.5) is 4.79 Å². The van der Waals surface area contributed by atoms with Crippen LogP contribution < -0.4 is 9.47 Å². The van der Waals surface area contributed by atoms with E-state index in [0.717, 1.165) is 16.0 Å². The number of hydrogen-bond acceptors (Lipinski definition) is 5. The number of ether oxygens (including phenoxy) is 3. The lowest BCUT2D eigenvalue weighted by atomic mass is 10.1. The van der Waals surface area contributed by atoms with Crippen molar-refractivity contribution in [2.75, 3.05) is 20.3 Å². The summed E-state index contributed by atoms with van der Waals surface area (Å²) >= 11 is 0. The van der Waals surface area contributed by atoms with Crippen molar-refractivity contribution in [1.29, 1.82) is 0 Å². The molecule has 1 aliphatic rings. The average Bonchev–Trinajstić information content (AvgIpc) is 2.97. The Labute approximate surface area is 145 Å². The molecule has 130 valence electrons. The third-order valence-electron chi connectivity index (χ3n) is 3.93. The smallest absolute Gasteiger partial charge is 0.417 e. The van der Waals surface area contributed by atoms with Gasteiger partial charge in [0, 0.05) is 6.54 Å². The molecule has 1 aliphatic heterocycles. The molecular weight excluding hydrogens is 322 g/mol. The molecule has 1 heterocycles. The van der Waals surface area contributed by atoms with E-state index in [1.54, 1.807) is 7.11 Å². The lowest BCUT2D eigenvalue weighted by Gasteiger charge is -2.14. The molecule has 0 aliphatic carbocycles. The molecule has 3 rings (SSSR count).